The van der Waals surface area contributed by atoms with E-state index in [-0.39, 0.29) is 6.61 Å². The van der Waals surface area contributed by atoms with Crippen LogP contribution in [0.4, 0.5) is 20.6 Å². The Bertz CT molecular complexity index is 794. The Labute approximate surface area is 134 Å². The summed E-state index contributed by atoms with van der Waals surface area (Å²) in [6, 6.07) is 9.96. The third kappa shape index (κ3) is 3.83. The third-order valence-corrected chi connectivity index (χ3v) is 2.98. The molecule has 0 unspecified atom stereocenters. The van der Waals surface area contributed by atoms with E-state index in [0.29, 0.717) is 11.6 Å². The first-order valence-electron chi connectivity index (χ1n) is 6.58. The monoisotopic (exact) mass is 334 g/mol. The second kappa shape index (κ2) is 7.18. The van der Waals surface area contributed by atoms with Crippen LogP contribution in [0.2, 0.25) is 0 Å². The molecule has 0 spiro atoms. The highest BCUT2D eigenvalue weighted by Crippen LogP contribution is 2.30. The number of hydrogen-bond donors (Lipinski definition) is 2. The highest BCUT2D eigenvalue weighted by atomic mass is 19.1. The Morgan fingerprint density at radius 3 is 2.46 bits per heavy atom. The van der Waals surface area contributed by atoms with E-state index in [1.807, 2.05) is 5.32 Å². The Morgan fingerprint density at radius 2 is 1.88 bits per heavy atom. The van der Waals surface area contributed by atoms with Gasteiger partial charge in [0.2, 0.25) is 0 Å². The zero-order valence-corrected chi connectivity index (χ0v) is 12.1. The van der Waals surface area contributed by atoms with Crippen molar-refractivity contribution in [2.45, 2.75) is 6.61 Å². The molecule has 2 rings (SSSR count). The predicted octanol–water partition coefficient (Wildman–Crippen LogP) is 3.18. The van der Waals surface area contributed by atoms with E-state index >= 15 is 0 Å². The molecule has 0 aliphatic rings. The zero-order chi connectivity index (χ0) is 17.7. The molecule has 0 atom stereocenters. The molecular formula is C15H11FN2O6. The molecule has 0 saturated carbocycles. The Balaban J connectivity index is 2.24. The minimum Gasteiger partial charge on any atom is -0.478 e. The van der Waals surface area contributed by atoms with Gasteiger partial charge in [-0.05, 0) is 11.6 Å². The van der Waals surface area contributed by atoms with Crippen molar-refractivity contribution in [2.75, 3.05) is 5.32 Å². The van der Waals surface area contributed by atoms with Crippen molar-refractivity contribution >= 4 is 23.4 Å². The largest absolute Gasteiger partial charge is 0.478 e. The first-order chi connectivity index (χ1) is 11.4. The van der Waals surface area contributed by atoms with Gasteiger partial charge in [-0.2, -0.15) is 0 Å². The van der Waals surface area contributed by atoms with E-state index in [1.54, 1.807) is 30.3 Å². The van der Waals surface area contributed by atoms with Crippen LogP contribution in [-0.4, -0.2) is 22.1 Å². The van der Waals surface area contributed by atoms with E-state index in [9.17, 15) is 24.1 Å². The maximum absolute atomic E-state index is 13.6. The molecule has 0 aromatic heterocycles. The fourth-order valence-electron chi connectivity index (χ4n) is 1.92. The van der Waals surface area contributed by atoms with E-state index < -0.39 is 39.7 Å². The lowest BCUT2D eigenvalue weighted by molar-refractivity contribution is -0.384. The highest BCUT2D eigenvalue weighted by molar-refractivity contribution is 6.01. The molecule has 24 heavy (non-hydrogen) atoms. The van der Waals surface area contributed by atoms with E-state index in [2.05, 4.69) is 0 Å². The van der Waals surface area contributed by atoms with Crippen LogP contribution in [0.25, 0.3) is 0 Å². The maximum atomic E-state index is 13.6. The molecule has 0 fully saturated rings. The summed E-state index contributed by atoms with van der Waals surface area (Å²) in [6.07, 6.45) is -1.14. The molecular weight excluding hydrogens is 323 g/mol. The topological polar surface area (TPSA) is 119 Å². The van der Waals surface area contributed by atoms with Gasteiger partial charge >= 0.3 is 12.1 Å². The quantitative estimate of drug-likeness (QED) is 0.640. The van der Waals surface area contributed by atoms with Crippen LogP contribution >= 0.6 is 0 Å². The van der Waals surface area contributed by atoms with Crippen molar-refractivity contribution in [1.29, 1.82) is 0 Å². The summed E-state index contributed by atoms with van der Waals surface area (Å²) < 4.78 is 18.5. The first kappa shape index (κ1) is 16.9. The lowest BCUT2D eigenvalue weighted by atomic mass is 10.1. The van der Waals surface area contributed by atoms with Crippen LogP contribution < -0.4 is 5.32 Å². The van der Waals surface area contributed by atoms with Gasteiger partial charge in [-0.15, -0.1) is 0 Å². The average molecular weight is 334 g/mol. The fourth-order valence-corrected chi connectivity index (χ4v) is 1.92. The number of nitrogens with one attached hydrogen (secondary N) is 1. The highest BCUT2D eigenvalue weighted by Gasteiger charge is 2.27. The van der Waals surface area contributed by atoms with Crippen molar-refractivity contribution in [3.8, 4) is 0 Å². The van der Waals surface area contributed by atoms with E-state index in [4.69, 9.17) is 9.84 Å². The van der Waals surface area contributed by atoms with E-state index in [0.717, 1.165) is 6.07 Å². The normalized spacial score (nSPS) is 10.0. The smallest absolute Gasteiger partial charge is 0.412 e. The minimum atomic E-state index is -1.76. The summed E-state index contributed by atoms with van der Waals surface area (Å²) in [5.41, 5.74) is -1.89. The van der Waals surface area contributed by atoms with Crippen molar-refractivity contribution in [3.63, 3.8) is 0 Å². The van der Waals surface area contributed by atoms with Gasteiger partial charge in [0, 0.05) is 6.07 Å². The molecule has 0 radical (unpaired) electrons. The molecule has 124 valence electrons. The number of rotatable bonds is 5. The number of amides is 1. The molecule has 0 aliphatic carbocycles. The van der Waals surface area contributed by atoms with Gasteiger partial charge in [0.25, 0.3) is 5.69 Å². The molecule has 9 heteroatoms. The van der Waals surface area contributed by atoms with Crippen LogP contribution in [0, 0.1) is 15.9 Å². The van der Waals surface area contributed by atoms with E-state index in [1.165, 1.54) is 0 Å². The lowest BCUT2D eigenvalue weighted by Crippen LogP contribution is -2.18. The number of nitro benzene ring substituents is 1. The van der Waals surface area contributed by atoms with Crippen molar-refractivity contribution in [3.05, 3.63) is 69.5 Å². The zero-order valence-electron chi connectivity index (χ0n) is 12.1. The number of anilines is 1. The number of benzene rings is 2. The Morgan fingerprint density at radius 1 is 1.21 bits per heavy atom. The van der Waals surface area contributed by atoms with Crippen LogP contribution in [0.15, 0.2) is 42.5 Å². The Kier molecular flexibility index (Phi) is 5.05. The summed E-state index contributed by atoms with van der Waals surface area (Å²) in [4.78, 5) is 32.9. The molecule has 0 saturated heterocycles. The number of carboxylic acids is 1. The lowest BCUT2D eigenvalue weighted by Gasteiger charge is -2.10. The molecule has 8 nitrogen and oxygen atoms in total. The minimum absolute atomic E-state index is 0.141. The molecule has 2 aromatic carbocycles. The number of ether oxygens (including phenoxy) is 1. The summed E-state index contributed by atoms with van der Waals surface area (Å²) in [6.45, 7) is -0.141. The number of nitro groups is 1. The molecule has 0 heterocycles. The standard InChI is InChI=1S/C15H11FN2O6/c16-10-6-7-11(18(22)23)13(12(10)14(19)20)17-15(21)24-8-9-4-2-1-3-5-9/h1-7H,8H2,(H,17,21)(H,19,20). The number of halogens is 1. The number of aromatic carboxylic acids is 1. The predicted molar refractivity (Wildman–Crippen MR) is 80.3 cm³/mol. The third-order valence-electron chi connectivity index (χ3n) is 2.98. The van der Waals surface area contributed by atoms with Crippen LogP contribution in [0.3, 0.4) is 0 Å². The van der Waals surface area contributed by atoms with Gasteiger partial charge in [-0.1, -0.05) is 30.3 Å². The van der Waals surface area contributed by atoms with Gasteiger partial charge in [0.1, 0.15) is 23.7 Å². The SMILES string of the molecule is O=C(Nc1c([N+](=O)[O-])ccc(F)c1C(=O)O)OCc1ccccc1. The number of carbonyl (C=O) groups excluding carboxylic acids is 1. The van der Waals surface area contributed by atoms with Gasteiger partial charge in [-0.3, -0.25) is 15.4 Å². The number of carbonyl (C=O) groups is 2. The second-order valence-corrected chi connectivity index (χ2v) is 4.57. The van der Waals surface area contributed by atoms with Crippen molar-refractivity contribution < 1.29 is 28.7 Å². The summed E-state index contributed by atoms with van der Waals surface area (Å²) >= 11 is 0. The van der Waals surface area contributed by atoms with Crippen molar-refractivity contribution in [2.24, 2.45) is 0 Å². The van der Waals surface area contributed by atoms with Crippen LogP contribution in [0.5, 0.6) is 0 Å². The van der Waals surface area contributed by atoms with Gasteiger partial charge in [0.05, 0.1) is 4.92 Å². The molecule has 2 aromatic rings. The Hall–Kier alpha value is -3.49. The van der Waals surface area contributed by atoms with Gasteiger partial charge < -0.3 is 9.84 Å². The summed E-state index contributed by atoms with van der Waals surface area (Å²) in [7, 11) is 0. The summed E-state index contributed by atoms with van der Waals surface area (Å²) in [5.74, 6) is -2.97. The molecule has 2 N–H and O–H groups in total. The van der Waals surface area contributed by atoms with Gasteiger partial charge in [0.15, 0.2) is 0 Å². The molecule has 1 amide bonds. The number of hydrogen-bond acceptors (Lipinski definition) is 5. The van der Waals surface area contributed by atoms with Crippen molar-refractivity contribution in [1.82, 2.24) is 0 Å². The fraction of sp³-hybridized carbons (Fsp3) is 0.0667. The maximum Gasteiger partial charge on any atom is 0.412 e. The summed E-state index contributed by atoms with van der Waals surface area (Å²) in [5, 5.41) is 21.9. The second-order valence-electron chi connectivity index (χ2n) is 4.57. The van der Waals surface area contributed by atoms with Crippen LogP contribution in [-0.2, 0) is 11.3 Å². The number of carboxylic acid groups (broad SMARTS) is 1. The first-order valence-corrected chi connectivity index (χ1v) is 6.58. The van der Waals surface area contributed by atoms with Gasteiger partial charge in [-0.25, -0.2) is 14.0 Å². The number of nitrogens with zero attached hydrogens (tertiary/aromatic N) is 1. The van der Waals surface area contributed by atoms with Crippen LogP contribution in [0.1, 0.15) is 15.9 Å². The average Bonchev–Trinajstić information content (AvgIpc) is 2.53. The molecule has 0 bridgehead atoms. The molecule has 0 aliphatic heterocycles.